The maximum absolute atomic E-state index is 12.3. The number of hydrogen-bond donors (Lipinski definition) is 1. The highest BCUT2D eigenvalue weighted by atomic mass is 79.9. The Morgan fingerprint density at radius 2 is 2.09 bits per heavy atom. The fraction of sp³-hybridized carbons (Fsp3) is 0.0667. The first-order valence-electron chi connectivity index (χ1n) is 6.39. The predicted octanol–water partition coefficient (Wildman–Crippen LogP) is 3.82. The van der Waals surface area contributed by atoms with Crippen LogP contribution in [0.1, 0.15) is 5.56 Å². The molecular weight excluding hydrogens is 386 g/mol. The summed E-state index contributed by atoms with van der Waals surface area (Å²) in [5.74, 6) is 6.50. The maximum atomic E-state index is 12.3. The highest BCUT2D eigenvalue weighted by Crippen LogP contribution is 2.23. The molecule has 2 aromatic carbocycles. The first-order chi connectivity index (χ1) is 10.5. The molecule has 4 nitrogen and oxygen atoms in total. The topological polar surface area (TPSA) is 60.9 Å². The van der Waals surface area contributed by atoms with E-state index in [9.17, 15) is 4.79 Å². The minimum Gasteiger partial charge on any atom is -0.334 e. The second-order valence-electron chi connectivity index (χ2n) is 4.65. The van der Waals surface area contributed by atoms with Crippen molar-refractivity contribution in [1.29, 1.82) is 0 Å². The number of fused-ring (bicyclic) bond motifs is 1. The van der Waals surface area contributed by atoms with Crippen molar-refractivity contribution in [3.8, 4) is 0 Å². The molecule has 0 aliphatic carbocycles. The van der Waals surface area contributed by atoms with E-state index in [1.165, 1.54) is 11.8 Å². The average molecular weight is 397 g/mol. The summed E-state index contributed by atoms with van der Waals surface area (Å²) in [5, 5.41) is 1.64. The monoisotopic (exact) mass is 395 g/mol. The number of rotatable bonds is 3. The van der Waals surface area contributed by atoms with E-state index in [4.69, 9.17) is 17.4 Å². The first-order valence-corrected chi connectivity index (χ1v) is 8.55. The molecular formula is C15H11BrClN3OS. The molecule has 0 aliphatic rings. The lowest BCUT2D eigenvalue weighted by molar-refractivity contribution is 0.779. The molecule has 22 heavy (non-hydrogen) atoms. The van der Waals surface area contributed by atoms with Crippen LogP contribution in [0.3, 0.4) is 0 Å². The molecule has 0 radical (unpaired) electrons. The summed E-state index contributed by atoms with van der Waals surface area (Å²) in [7, 11) is 0. The van der Waals surface area contributed by atoms with Crippen molar-refractivity contribution in [2.24, 2.45) is 0 Å². The lowest BCUT2D eigenvalue weighted by atomic mass is 10.2. The predicted molar refractivity (Wildman–Crippen MR) is 94.9 cm³/mol. The summed E-state index contributed by atoms with van der Waals surface area (Å²) >= 11 is 10.7. The van der Waals surface area contributed by atoms with E-state index < -0.39 is 0 Å². The minimum atomic E-state index is -0.264. The molecule has 2 N–H and O–H groups in total. The van der Waals surface area contributed by atoms with Crippen molar-refractivity contribution in [3.05, 3.63) is 67.9 Å². The molecule has 0 unspecified atom stereocenters. The van der Waals surface area contributed by atoms with Crippen LogP contribution in [0.5, 0.6) is 0 Å². The van der Waals surface area contributed by atoms with Crippen LogP contribution in [0.25, 0.3) is 10.9 Å². The van der Waals surface area contributed by atoms with Gasteiger partial charge in [0, 0.05) is 15.2 Å². The largest absolute Gasteiger partial charge is 0.334 e. The second-order valence-corrected chi connectivity index (χ2v) is 6.94. The van der Waals surface area contributed by atoms with E-state index in [-0.39, 0.29) is 5.56 Å². The molecule has 0 bridgehead atoms. The first kappa shape index (κ1) is 15.4. The van der Waals surface area contributed by atoms with Crippen molar-refractivity contribution in [2.45, 2.75) is 10.9 Å². The lowest BCUT2D eigenvalue weighted by Crippen LogP contribution is -2.29. The summed E-state index contributed by atoms with van der Waals surface area (Å²) in [5.41, 5.74) is 1.41. The summed E-state index contributed by atoms with van der Waals surface area (Å²) in [6.45, 7) is 0. The Hall–Kier alpha value is -1.50. The third-order valence-electron chi connectivity index (χ3n) is 3.09. The Labute approximate surface area is 144 Å². The Bertz CT molecular complexity index is 913. The van der Waals surface area contributed by atoms with Gasteiger partial charge in [0.05, 0.1) is 10.9 Å². The van der Waals surface area contributed by atoms with Gasteiger partial charge in [0.1, 0.15) is 0 Å². The van der Waals surface area contributed by atoms with Crippen LogP contribution in [-0.4, -0.2) is 9.66 Å². The number of halogens is 2. The van der Waals surface area contributed by atoms with Crippen LogP contribution in [0.4, 0.5) is 0 Å². The van der Waals surface area contributed by atoms with Gasteiger partial charge in [-0.2, -0.15) is 0 Å². The van der Waals surface area contributed by atoms with E-state index in [1.54, 1.807) is 12.1 Å². The van der Waals surface area contributed by atoms with Crippen LogP contribution in [0, 0.1) is 0 Å². The van der Waals surface area contributed by atoms with Crippen molar-refractivity contribution < 1.29 is 0 Å². The van der Waals surface area contributed by atoms with Gasteiger partial charge in [0.15, 0.2) is 5.16 Å². The minimum absolute atomic E-state index is 0.264. The molecule has 3 aromatic rings. The normalized spacial score (nSPS) is 11.0. The van der Waals surface area contributed by atoms with Gasteiger partial charge in [-0.05, 0) is 35.9 Å². The lowest BCUT2D eigenvalue weighted by Gasteiger charge is -2.08. The molecule has 1 aromatic heterocycles. The molecule has 3 rings (SSSR count). The highest BCUT2D eigenvalue weighted by Gasteiger charge is 2.10. The quantitative estimate of drug-likeness (QED) is 0.415. The molecule has 0 aliphatic heterocycles. The fourth-order valence-corrected chi connectivity index (χ4v) is 3.46. The van der Waals surface area contributed by atoms with Crippen molar-refractivity contribution >= 4 is 50.2 Å². The Morgan fingerprint density at radius 3 is 2.86 bits per heavy atom. The van der Waals surface area contributed by atoms with Crippen molar-refractivity contribution in [2.75, 3.05) is 5.84 Å². The van der Waals surface area contributed by atoms with Crippen LogP contribution in [-0.2, 0) is 5.75 Å². The standard InChI is InChI=1S/C15H11BrClN3OS/c16-10-4-5-13-12(7-10)14(21)20(18)15(19-13)22-8-9-2-1-3-11(17)6-9/h1-7H,8,18H2. The highest BCUT2D eigenvalue weighted by molar-refractivity contribution is 9.10. The SMILES string of the molecule is Nn1c(SCc2cccc(Cl)c2)nc2ccc(Br)cc2c1=O. The molecule has 7 heteroatoms. The number of aromatic nitrogens is 2. The Kier molecular flexibility index (Phi) is 4.42. The van der Waals surface area contributed by atoms with Gasteiger partial charge in [-0.3, -0.25) is 4.79 Å². The summed E-state index contributed by atoms with van der Waals surface area (Å²) in [4.78, 5) is 16.8. The van der Waals surface area contributed by atoms with Crippen molar-refractivity contribution in [3.63, 3.8) is 0 Å². The van der Waals surface area contributed by atoms with Gasteiger partial charge in [0.25, 0.3) is 5.56 Å². The number of nitrogens with zero attached hydrogens (tertiary/aromatic N) is 2. The number of benzene rings is 2. The third-order valence-corrected chi connectivity index (χ3v) is 4.84. The molecule has 1 heterocycles. The van der Waals surface area contributed by atoms with E-state index in [0.717, 1.165) is 14.7 Å². The maximum Gasteiger partial charge on any atom is 0.280 e. The van der Waals surface area contributed by atoms with Gasteiger partial charge < -0.3 is 5.84 Å². The number of nitrogen functional groups attached to an aromatic ring is 1. The average Bonchev–Trinajstić information content (AvgIpc) is 2.50. The number of hydrogen-bond acceptors (Lipinski definition) is 4. The van der Waals surface area contributed by atoms with Gasteiger partial charge in [0.2, 0.25) is 0 Å². The van der Waals surface area contributed by atoms with E-state index in [2.05, 4.69) is 20.9 Å². The number of nitrogens with two attached hydrogens (primary N) is 1. The Balaban J connectivity index is 1.96. The van der Waals surface area contributed by atoms with Gasteiger partial charge in [-0.1, -0.05) is 51.4 Å². The van der Waals surface area contributed by atoms with Crippen LogP contribution >= 0.6 is 39.3 Å². The van der Waals surface area contributed by atoms with Crippen LogP contribution in [0.15, 0.2) is 56.9 Å². The summed E-state index contributed by atoms with van der Waals surface area (Å²) in [6, 6.07) is 12.9. The third kappa shape index (κ3) is 3.14. The Morgan fingerprint density at radius 1 is 1.27 bits per heavy atom. The molecule has 0 spiro atoms. The van der Waals surface area contributed by atoms with Gasteiger partial charge in [-0.25, -0.2) is 9.66 Å². The van der Waals surface area contributed by atoms with E-state index >= 15 is 0 Å². The molecule has 0 amide bonds. The zero-order valence-electron chi connectivity index (χ0n) is 11.3. The van der Waals surface area contributed by atoms with Crippen LogP contribution < -0.4 is 11.4 Å². The molecule has 112 valence electrons. The summed E-state index contributed by atoms with van der Waals surface area (Å²) < 4.78 is 1.91. The fourth-order valence-electron chi connectivity index (χ4n) is 2.03. The van der Waals surface area contributed by atoms with E-state index in [1.807, 2.05) is 30.3 Å². The zero-order chi connectivity index (χ0) is 15.7. The van der Waals surface area contributed by atoms with E-state index in [0.29, 0.717) is 26.8 Å². The smallest absolute Gasteiger partial charge is 0.280 e. The summed E-state index contributed by atoms with van der Waals surface area (Å²) in [6.07, 6.45) is 0. The van der Waals surface area contributed by atoms with Gasteiger partial charge >= 0.3 is 0 Å². The molecule has 0 fully saturated rings. The van der Waals surface area contributed by atoms with Crippen molar-refractivity contribution in [1.82, 2.24) is 9.66 Å². The number of thioether (sulfide) groups is 1. The zero-order valence-corrected chi connectivity index (χ0v) is 14.5. The molecule has 0 saturated carbocycles. The molecule has 0 saturated heterocycles. The molecule has 0 atom stereocenters. The van der Waals surface area contributed by atoms with Crippen LogP contribution in [0.2, 0.25) is 5.02 Å². The van der Waals surface area contributed by atoms with Gasteiger partial charge in [-0.15, -0.1) is 0 Å². The second kappa shape index (κ2) is 6.32.